The highest BCUT2D eigenvalue weighted by Gasteiger charge is 2.19. The SMILES string of the molecule is CC(C)NS(=O)(=O)c1ccc(Cl)c(C(=O)Nc2cccc(O)c2)c1. The molecule has 2 aromatic carbocycles. The van der Waals surface area contributed by atoms with E-state index in [-0.39, 0.29) is 27.3 Å². The van der Waals surface area contributed by atoms with Crippen LogP contribution in [0.15, 0.2) is 47.4 Å². The van der Waals surface area contributed by atoms with Crippen LogP contribution in [0.2, 0.25) is 5.02 Å². The van der Waals surface area contributed by atoms with E-state index in [1.807, 2.05) is 0 Å². The molecule has 0 saturated carbocycles. The minimum absolute atomic E-state index is 0.00337. The summed E-state index contributed by atoms with van der Waals surface area (Å²) >= 11 is 6.02. The molecule has 128 valence electrons. The first kappa shape index (κ1) is 18.3. The summed E-state index contributed by atoms with van der Waals surface area (Å²) in [6, 6.07) is 9.61. The minimum atomic E-state index is -3.74. The second kappa shape index (κ2) is 7.21. The molecule has 0 aliphatic rings. The van der Waals surface area contributed by atoms with Crippen LogP contribution in [0.1, 0.15) is 24.2 Å². The molecule has 24 heavy (non-hydrogen) atoms. The van der Waals surface area contributed by atoms with Crippen LogP contribution in [0.3, 0.4) is 0 Å². The topological polar surface area (TPSA) is 95.5 Å². The van der Waals surface area contributed by atoms with Gasteiger partial charge in [-0.2, -0.15) is 0 Å². The largest absolute Gasteiger partial charge is 0.508 e. The van der Waals surface area contributed by atoms with Gasteiger partial charge in [-0.1, -0.05) is 17.7 Å². The van der Waals surface area contributed by atoms with Gasteiger partial charge in [0, 0.05) is 17.8 Å². The van der Waals surface area contributed by atoms with E-state index < -0.39 is 15.9 Å². The molecule has 0 heterocycles. The number of aromatic hydroxyl groups is 1. The molecule has 8 heteroatoms. The average Bonchev–Trinajstić information content (AvgIpc) is 2.46. The lowest BCUT2D eigenvalue weighted by Gasteiger charge is -2.12. The summed E-state index contributed by atoms with van der Waals surface area (Å²) in [6.07, 6.45) is 0. The van der Waals surface area contributed by atoms with E-state index in [0.29, 0.717) is 5.69 Å². The Labute approximate surface area is 145 Å². The molecule has 0 atom stereocenters. The summed E-state index contributed by atoms with van der Waals surface area (Å²) in [4.78, 5) is 12.3. The Morgan fingerprint density at radius 3 is 2.50 bits per heavy atom. The van der Waals surface area contributed by atoms with Crippen molar-refractivity contribution >= 4 is 33.2 Å². The van der Waals surface area contributed by atoms with Crippen molar-refractivity contribution in [1.29, 1.82) is 0 Å². The number of nitrogens with one attached hydrogen (secondary N) is 2. The van der Waals surface area contributed by atoms with Gasteiger partial charge in [-0.05, 0) is 44.2 Å². The number of hydrogen-bond acceptors (Lipinski definition) is 4. The van der Waals surface area contributed by atoms with E-state index in [4.69, 9.17) is 11.6 Å². The molecule has 1 amide bonds. The Morgan fingerprint density at radius 2 is 1.88 bits per heavy atom. The number of halogens is 1. The number of sulfonamides is 1. The monoisotopic (exact) mass is 368 g/mol. The lowest BCUT2D eigenvalue weighted by Crippen LogP contribution is -2.30. The number of rotatable bonds is 5. The van der Waals surface area contributed by atoms with E-state index in [0.717, 1.165) is 0 Å². The second-order valence-electron chi connectivity index (χ2n) is 5.42. The molecule has 3 N–H and O–H groups in total. The maximum atomic E-state index is 12.4. The molecule has 0 radical (unpaired) electrons. The van der Waals surface area contributed by atoms with Crippen LogP contribution >= 0.6 is 11.6 Å². The van der Waals surface area contributed by atoms with Crippen molar-refractivity contribution in [2.45, 2.75) is 24.8 Å². The summed E-state index contributed by atoms with van der Waals surface area (Å²) in [5, 5.41) is 12.1. The highest BCUT2D eigenvalue weighted by molar-refractivity contribution is 7.89. The standard InChI is InChI=1S/C16H17ClN2O4S/c1-10(2)19-24(22,23)13-6-7-15(17)14(9-13)16(21)18-11-4-3-5-12(20)8-11/h3-10,19-20H,1-2H3,(H,18,21). The Morgan fingerprint density at radius 1 is 1.17 bits per heavy atom. The fourth-order valence-electron chi connectivity index (χ4n) is 2.01. The summed E-state index contributed by atoms with van der Waals surface area (Å²) in [5.41, 5.74) is 0.385. The molecule has 0 bridgehead atoms. The Bertz CT molecular complexity index is 866. The van der Waals surface area contributed by atoms with Crippen LogP contribution in [0, 0.1) is 0 Å². The quantitative estimate of drug-likeness (QED) is 0.756. The molecule has 0 aliphatic heterocycles. The number of carbonyl (C=O) groups excluding carboxylic acids is 1. The third kappa shape index (κ3) is 4.47. The highest BCUT2D eigenvalue weighted by atomic mass is 35.5. The van der Waals surface area contributed by atoms with Crippen molar-refractivity contribution in [3.8, 4) is 5.75 Å². The summed E-state index contributed by atoms with van der Waals surface area (Å²) in [7, 11) is -3.74. The molecular weight excluding hydrogens is 352 g/mol. The zero-order valence-electron chi connectivity index (χ0n) is 13.1. The van der Waals surface area contributed by atoms with Gasteiger partial charge in [0.2, 0.25) is 10.0 Å². The lowest BCUT2D eigenvalue weighted by atomic mass is 10.2. The van der Waals surface area contributed by atoms with Crippen LogP contribution in [-0.4, -0.2) is 25.5 Å². The smallest absolute Gasteiger partial charge is 0.257 e. The Hall–Kier alpha value is -2.09. The first-order valence-corrected chi connectivity index (χ1v) is 8.97. The molecule has 0 saturated heterocycles. The van der Waals surface area contributed by atoms with Gasteiger partial charge in [0.1, 0.15) is 5.75 Å². The molecule has 0 unspecified atom stereocenters. The van der Waals surface area contributed by atoms with Gasteiger partial charge in [0.05, 0.1) is 15.5 Å². The molecule has 0 spiro atoms. The van der Waals surface area contributed by atoms with Gasteiger partial charge in [-0.15, -0.1) is 0 Å². The van der Waals surface area contributed by atoms with Gasteiger partial charge in [-0.25, -0.2) is 13.1 Å². The van der Waals surface area contributed by atoms with Crippen LogP contribution in [0.25, 0.3) is 0 Å². The van der Waals surface area contributed by atoms with E-state index in [2.05, 4.69) is 10.0 Å². The molecular formula is C16H17ClN2O4S. The van der Waals surface area contributed by atoms with E-state index >= 15 is 0 Å². The zero-order valence-corrected chi connectivity index (χ0v) is 14.6. The third-order valence-electron chi connectivity index (χ3n) is 2.99. The molecule has 0 fully saturated rings. The molecule has 0 aromatic heterocycles. The van der Waals surface area contributed by atoms with Crippen LogP contribution in [-0.2, 0) is 10.0 Å². The third-order valence-corrected chi connectivity index (χ3v) is 4.97. The fourth-order valence-corrected chi connectivity index (χ4v) is 3.49. The van der Waals surface area contributed by atoms with Crippen molar-refractivity contribution in [3.63, 3.8) is 0 Å². The van der Waals surface area contributed by atoms with Gasteiger partial charge >= 0.3 is 0 Å². The fraction of sp³-hybridized carbons (Fsp3) is 0.188. The van der Waals surface area contributed by atoms with Crippen LogP contribution in [0.5, 0.6) is 5.75 Å². The van der Waals surface area contributed by atoms with Gasteiger partial charge in [-0.3, -0.25) is 4.79 Å². The second-order valence-corrected chi connectivity index (χ2v) is 7.54. The van der Waals surface area contributed by atoms with Crippen molar-refractivity contribution in [3.05, 3.63) is 53.1 Å². The number of anilines is 1. The van der Waals surface area contributed by atoms with Crippen molar-refractivity contribution < 1.29 is 18.3 Å². The predicted octanol–water partition coefficient (Wildman–Crippen LogP) is 2.98. The van der Waals surface area contributed by atoms with Gasteiger partial charge < -0.3 is 10.4 Å². The average molecular weight is 369 g/mol. The minimum Gasteiger partial charge on any atom is -0.508 e. The summed E-state index contributed by atoms with van der Waals surface area (Å²) < 4.78 is 26.9. The predicted molar refractivity (Wildman–Crippen MR) is 93.0 cm³/mol. The van der Waals surface area contributed by atoms with Gasteiger partial charge in [0.25, 0.3) is 5.91 Å². The van der Waals surface area contributed by atoms with E-state index in [9.17, 15) is 18.3 Å². The van der Waals surface area contributed by atoms with E-state index in [1.54, 1.807) is 26.0 Å². The zero-order chi connectivity index (χ0) is 17.9. The molecule has 2 aromatic rings. The highest BCUT2D eigenvalue weighted by Crippen LogP contribution is 2.23. The number of hydrogen-bond donors (Lipinski definition) is 3. The summed E-state index contributed by atoms with van der Waals surface area (Å²) in [6.45, 7) is 3.39. The van der Waals surface area contributed by atoms with Gasteiger partial charge in [0.15, 0.2) is 0 Å². The Kier molecular flexibility index (Phi) is 5.48. The number of phenols is 1. The first-order valence-electron chi connectivity index (χ1n) is 7.11. The Balaban J connectivity index is 2.33. The van der Waals surface area contributed by atoms with Crippen molar-refractivity contribution in [2.24, 2.45) is 0 Å². The normalized spacial score (nSPS) is 11.5. The summed E-state index contributed by atoms with van der Waals surface area (Å²) in [5.74, 6) is -0.580. The van der Waals surface area contributed by atoms with Crippen LogP contribution in [0.4, 0.5) is 5.69 Å². The number of benzene rings is 2. The first-order chi connectivity index (χ1) is 11.2. The number of amides is 1. The van der Waals surface area contributed by atoms with E-state index in [1.165, 1.54) is 30.3 Å². The number of phenolic OH excluding ortho intramolecular Hbond substituents is 1. The molecule has 0 aliphatic carbocycles. The van der Waals surface area contributed by atoms with Crippen molar-refractivity contribution in [1.82, 2.24) is 4.72 Å². The lowest BCUT2D eigenvalue weighted by molar-refractivity contribution is 0.102. The number of carbonyl (C=O) groups is 1. The maximum absolute atomic E-state index is 12.4. The maximum Gasteiger partial charge on any atom is 0.257 e. The van der Waals surface area contributed by atoms with Crippen molar-refractivity contribution in [2.75, 3.05) is 5.32 Å². The molecule has 2 rings (SSSR count). The molecule has 6 nitrogen and oxygen atoms in total. The van der Waals surface area contributed by atoms with Crippen LogP contribution < -0.4 is 10.0 Å².